The van der Waals surface area contributed by atoms with Crippen molar-refractivity contribution in [3.05, 3.63) is 84.6 Å². The number of aromatic amines is 2. The lowest BCUT2D eigenvalue weighted by Crippen LogP contribution is -2.43. The molecule has 12 nitrogen and oxygen atoms in total. The van der Waals surface area contributed by atoms with Crippen LogP contribution < -0.4 is 16.5 Å². The van der Waals surface area contributed by atoms with Crippen molar-refractivity contribution in [2.45, 2.75) is 19.0 Å². The van der Waals surface area contributed by atoms with Gasteiger partial charge < -0.3 is 30.7 Å². The van der Waals surface area contributed by atoms with Crippen molar-refractivity contribution < 1.29 is 14.7 Å². The number of nitrogens with zero attached hydrogens (tertiary/aromatic N) is 4. The summed E-state index contributed by atoms with van der Waals surface area (Å²) in [6.45, 7) is -0.202. The Balaban J connectivity index is 1.22. The molecule has 0 fully saturated rings. The molecule has 3 heterocycles. The number of aromatic nitrogens is 5. The predicted octanol–water partition coefficient (Wildman–Crippen LogP) is 2.59. The van der Waals surface area contributed by atoms with Gasteiger partial charge in [0.25, 0.3) is 0 Å². The third-order valence-electron chi connectivity index (χ3n) is 5.92. The lowest BCUT2D eigenvalue weighted by atomic mass is 10.1. The third-order valence-corrected chi connectivity index (χ3v) is 5.92. The number of nitrogens with two attached hydrogens (primary N) is 1. The Morgan fingerprint density at radius 2 is 1.92 bits per heavy atom. The first-order valence-corrected chi connectivity index (χ1v) is 11.7. The Kier molecular flexibility index (Phi) is 6.85. The summed E-state index contributed by atoms with van der Waals surface area (Å²) in [6, 6.07) is 16.0. The van der Waals surface area contributed by atoms with Gasteiger partial charge in [0.15, 0.2) is 5.82 Å². The Morgan fingerprint density at radius 1 is 1.13 bits per heavy atom. The second-order valence-corrected chi connectivity index (χ2v) is 8.55. The van der Waals surface area contributed by atoms with Crippen molar-refractivity contribution >= 4 is 40.5 Å². The van der Waals surface area contributed by atoms with Crippen LogP contribution in [0.5, 0.6) is 0 Å². The van der Waals surface area contributed by atoms with E-state index in [0.717, 1.165) is 22.2 Å². The molecule has 5 aromatic rings. The van der Waals surface area contributed by atoms with E-state index in [9.17, 15) is 14.7 Å². The van der Waals surface area contributed by atoms with E-state index in [1.807, 2.05) is 54.6 Å². The fraction of sp³-hybridized carbons (Fsp3) is 0.115. The summed E-state index contributed by atoms with van der Waals surface area (Å²) in [5, 5.41) is 17.4. The summed E-state index contributed by atoms with van der Waals surface area (Å²) in [5.41, 5.74) is 12.7. The molecular formula is C26H25N9O3. The van der Waals surface area contributed by atoms with Gasteiger partial charge in [-0.3, -0.25) is 10.2 Å². The fourth-order valence-corrected chi connectivity index (χ4v) is 4.03. The largest absolute Gasteiger partial charge is 0.480 e. The first-order valence-electron chi connectivity index (χ1n) is 11.7. The highest BCUT2D eigenvalue weighted by Gasteiger charge is 2.23. The molecule has 0 saturated heterocycles. The number of anilines is 2. The topological polar surface area (TPSA) is 179 Å². The minimum absolute atomic E-state index is 0.131. The van der Waals surface area contributed by atoms with Crippen molar-refractivity contribution in [2.75, 3.05) is 11.2 Å². The Labute approximate surface area is 216 Å². The molecule has 0 radical (unpaired) electrons. The number of hydrazone groups is 1. The number of aliphatic carboxylic acids is 1. The number of carbonyl (C=O) groups excluding carboxylic acids is 1. The molecule has 2 aromatic carbocycles. The van der Waals surface area contributed by atoms with Gasteiger partial charge in [-0.1, -0.05) is 36.4 Å². The van der Waals surface area contributed by atoms with Gasteiger partial charge >= 0.3 is 5.97 Å². The van der Waals surface area contributed by atoms with Crippen LogP contribution in [0, 0.1) is 0 Å². The first kappa shape index (κ1) is 24.3. The molecule has 0 aliphatic rings. The number of amides is 1. The van der Waals surface area contributed by atoms with E-state index < -0.39 is 17.9 Å². The second kappa shape index (κ2) is 10.7. The van der Waals surface area contributed by atoms with Crippen LogP contribution in [0.2, 0.25) is 0 Å². The van der Waals surface area contributed by atoms with Crippen LogP contribution in [-0.2, 0) is 22.6 Å². The zero-order chi connectivity index (χ0) is 26.5. The molecular weight excluding hydrogens is 486 g/mol. The maximum Gasteiger partial charge on any atom is 0.326 e. The van der Waals surface area contributed by atoms with Crippen LogP contribution in [0.1, 0.15) is 11.3 Å². The molecule has 0 saturated carbocycles. The molecule has 12 heteroatoms. The summed E-state index contributed by atoms with van der Waals surface area (Å²) >= 11 is 0. The molecule has 0 aliphatic heterocycles. The number of hydrogen-bond donors (Lipinski definition) is 6. The van der Waals surface area contributed by atoms with Crippen LogP contribution in [-0.4, -0.2) is 53.7 Å². The van der Waals surface area contributed by atoms with Gasteiger partial charge in [0.05, 0.1) is 30.1 Å². The third kappa shape index (κ3) is 5.38. The Hall–Kier alpha value is -5.39. The number of nitrogens with one attached hydrogen (secondary N) is 4. The van der Waals surface area contributed by atoms with Gasteiger partial charge in [-0.15, -0.1) is 0 Å². The molecule has 5 rings (SSSR count). The van der Waals surface area contributed by atoms with E-state index in [0.29, 0.717) is 17.2 Å². The number of carboxylic acids is 1. The van der Waals surface area contributed by atoms with E-state index in [2.05, 4.69) is 35.8 Å². The SMILES string of the molecule is Nc1c(-c2ncc(/C=N/Nc3ccccc3)[nH]2)ncn1CC(=O)N[C@@H](Cc1c[nH]c2ccccc12)C(=O)O. The van der Waals surface area contributed by atoms with Gasteiger partial charge in [0, 0.05) is 23.5 Å². The lowest BCUT2D eigenvalue weighted by Gasteiger charge is -2.15. The van der Waals surface area contributed by atoms with E-state index in [-0.39, 0.29) is 18.8 Å². The van der Waals surface area contributed by atoms with Crippen molar-refractivity contribution in [1.82, 2.24) is 29.8 Å². The van der Waals surface area contributed by atoms with E-state index in [1.54, 1.807) is 18.6 Å². The normalized spacial score (nSPS) is 12.1. The van der Waals surface area contributed by atoms with E-state index >= 15 is 0 Å². The smallest absolute Gasteiger partial charge is 0.326 e. The number of rotatable bonds is 10. The number of para-hydroxylation sites is 2. The van der Waals surface area contributed by atoms with Crippen molar-refractivity contribution in [2.24, 2.45) is 5.10 Å². The summed E-state index contributed by atoms with van der Waals surface area (Å²) in [6.07, 6.45) is 6.45. The highest BCUT2D eigenvalue weighted by atomic mass is 16.4. The number of carbonyl (C=O) groups is 2. The molecule has 1 atom stereocenters. The maximum atomic E-state index is 12.7. The summed E-state index contributed by atoms with van der Waals surface area (Å²) in [4.78, 5) is 39.3. The minimum atomic E-state index is -1.13. The van der Waals surface area contributed by atoms with Crippen LogP contribution in [0.4, 0.5) is 11.5 Å². The molecule has 38 heavy (non-hydrogen) atoms. The van der Waals surface area contributed by atoms with Gasteiger partial charge in [-0.05, 0) is 23.8 Å². The highest BCUT2D eigenvalue weighted by molar-refractivity contribution is 5.87. The molecule has 0 spiro atoms. The summed E-state index contributed by atoms with van der Waals surface area (Å²) < 4.78 is 1.43. The molecule has 0 unspecified atom stereocenters. The molecule has 7 N–H and O–H groups in total. The van der Waals surface area contributed by atoms with Gasteiger partial charge in [-0.25, -0.2) is 14.8 Å². The molecule has 192 valence electrons. The van der Waals surface area contributed by atoms with Crippen LogP contribution in [0.3, 0.4) is 0 Å². The monoisotopic (exact) mass is 511 g/mol. The maximum absolute atomic E-state index is 12.7. The average molecular weight is 512 g/mol. The molecule has 0 aliphatic carbocycles. The number of H-pyrrole nitrogens is 2. The fourth-order valence-electron chi connectivity index (χ4n) is 4.03. The quantitative estimate of drug-likeness (QED) is 0.123. The summed E-state index contributed by atoms with van der Waals surface area (Å²) in [7, 11) is 0. The zero-order valence-corrected chi connectivity index (χ0v) is 20.1. The van der Waals surface area contributed by atoms with Crippen LogP contribution in [0.15, 0.2) is 78.4 Å². The number of benzene rings is 2. The molecule has 1 amide bonds. The van der Waals surface area contributed by atoms with Crippen LogP contribution in [0.25, 0.3) is 22.4 Å². The number of nitrogen functional groups attached to an aromatic ring is 1. The number of hydrogen-bond acceptors (Lipinski definition) is 7. The van der Waals surface area contributed by atoms with Crippen molar-refractivity contribution in [3.63, 3.8) is 0 Å². The standard InChI is InChI=1S/C26H25N9O3/c27-24-23(25-29-12-18(32-25)13-31-34-17-6-2-1-3-7-17)30-15-35(24)14-22(36)33-21(26(37)38)10-16-11-28-20-9-5-4-8-19(16)20/h1-9,11-13,15,21,28,34H,10,14,27H2,(H,29,32)(H,33,36)(H,37,38)/b31-13+/t21-/m0/s1. The van der Waals surface area contributed by atoms with Gasteiger partial charge in [0.2, 0.25) is 5.91 Å². The van der Waals surface area contributed by atoms with Crippen LogP contribution >= 0.6 is 0 Å². The molecule has 0 bridgehead atoms. The number of carboxylic acid groups (broad SMARTS) is 1. The van der Waals surface area contributed by atoms with Crippen molar-refractivity contribution in [1.29, 1.82) is 0 Å². The Bertz CT molecular complexity index is 1600. The van der Waals surface area contributed by atoms with E-state index in [1.165, 1.54) is 10.9 Å². The summed E-state index contributed by atoms with van der Waals surface area (Å²) in [5.74, 6) is -1.02. The predicted molar refractivity (Wildman–Crippen MR) is 143 cm³/mol. The Morgan fingerprint density at radius 3 is 2.74 bits per heavy atom. The average Bonchev–Trinajstić information content (AvgIpc) is 3.64. The van der Waals surface area contributed by atoms with Gasteiger partial charge in [-0.2, -0.15) is 5.10 Å². The lowest BCUT2D eigenvalue weighted by molar-refractivity contribution is -0.141. The number of fused-ring (bicyclic) bond motifs is 1. The zero-order valence-electron chi connectivity index (χ0n) is 20.1. The van der Waals surface area contributed by atoms with E-state index in [4.69, 9.17) is 5.73 Å². The highest BCUT2D eigenvalue weighted by Crippen LogP contribution is 2.22. The number of imidazole rings is 2. The molecule has 3 aromatic heterocycles. The second-order valence-electron chi connectivity index (χ2n) is 8.55. The van der Waals surface area contributed by atoms with Crippen molar-refractivity contribution in [3.8, 4) is 11.5 Å². The van der Waals surface area contributed by atoms with Gasteiger partial charge in [0.1, 0.15) is 24.1 Å². The minimum Gasteiger partial charge on any atom is -0.480 e. The first-order chi connectivity index (χ1) is 18.5.